The van der Waals surface area contributed by atoms with E-state index in [0.29, 0.717) is 24.6 Å². The number of nitrogens with zero attached hydrogens (tertiary/aromatic N) is 2. The summed E-state index contributed by atoms with van der Waals surface area (Å²) in [6, 6.07) is 9.26. The Morgan fingerprint density at radius 2 is 2.04 bits per heavy atom. The van der Waals surface area contributed by atoms with Gasteiger partial charge < -0.3 is 19.6 Å². The Morgan fingerprint density at radius 3 is 2.65 bits per heavy atom. The quantitative estimate of drug-likeness (QED) is 0.606. The van der Waals surface area contributed by atoms with E-state index in [9.17, 15) is 4.79 Å². The van der Waals surface area contributed by atoms with E-state index < -0.39 is 6.09 Å². The van der Waals surface area contributed by atoms with Gasteiger partial charge in [0, 0.05) is 24.4 Å². The number of hydrogen-bond acceptors (Lipinski definition) is 6. The van der Waals surface area contributed by atoms with Gasteiger partial charge in [0.1, 0.15) is 0 Å². The summed E-state index contributed by atoms with van der Waals surface area (Å²) in [5, 5.41) is 6.90. The van der Waals surface area contributed by atoms with Gasteiger partial charge in [0.05, 0.1) is 19.9 Å². The molecule has 1 amide bonds. The third-order valence-electron chi connectivity index (χ3n) is 3.80. The first kappa shape index (κ1) is 19.2. The van der Waals surface area contributed by atoms with Crippen molar-refractivity contribution in [1.29, 1.82) is 0 Å². The summed E-state index contributed by atoms with van der Waals surface area (Å²) in [5.74, 6) is 1.14. The van der Waals surface area contributed by atoms with E-state index in [0.717, 1.165) is 22.4 Å². The number of methoxy groups -OCH3 is 2. The van der Waals surface area contributed by atoms with Gasteiger partial charge in [-0.15, -0.1) is 0 Å². The second kappa shape index (κ2) is 9.41. The van der Waals surface area contributed by atoms with Gasteiger partial charge in [0.15, 0.2) is 5.75 Å². The van der Waals surface area contributed by atoms with Gasteiger partial charge in [-0.2, -0.15) is 0 Å². The fourth-order valence-corrected chi connectivity index (χ4v) is 2.24. The highest BCUT2D eigenvalue weighted by Gasteiger charge is 2.07. The molecule has 1 heterocycles. The van der Waals surface area contributed by atoms with Crippen LogP contribution in [-0.4, -0.2) is 31.0 Å². The highest BCUT2D eigenvalue weighted by atomic mass is 16.6. The summed E-state index contributed by atoms with van der Waals surface area (Å²) in [5.41, 5.74) is 3.60. The number of hydrogen-bond donors (Lipinski definition) is 1. The first-order valence-electron chi connectivity index (χ1n) is 8.23. The molecule has 0 aliphatic rings. The predicted octanol–water partition coefficient (Wildman–Crippen LogP) is 3.45. The zero-order chi connectivity index (χ0) is 18.9. The van der Waals surface area contributed by atoms with Gasteiger partial charge >= 0.3 is 6.09 Å². The number of carbonyl (C=O) groups excluding carboxylic acids is 1. The lowest BCUT2D eigenvalue weighted by molar-refractivity contribution is 0.170. The largest absolute Gasteiger partial charge is 0.481 e. The topological polar surface area (TPSA) is 82.0 Å². The third-order valence-corrected chi connectivity index (χ3v) is 3.80. The van der Waals surface area contributed by atoms with Crippen LogP contribution in [0.4, 0.5) is 4.79 Å². The molecular weight excluding hydrogens is 334 g/mol. The van der Waals surface area contributed by atoms with Crippen LogP contribution in [0.3, 0.4) is 0 Å². The van der Waals surface area contributed by atoms with Gasteiger partial charge in [0.25, 0.3) is 0 Å². The van der Waals surface area contributed by atoms with Crippen LogP contribution in [0.25, 0.3) is 0 Å². The fraction of sp³-hybridized carbons (Fsp3) is 0.316. The van der Waals surface area contributed by atoms with Gasteiger partial charge in [-0.1, -0.05) is 18.1 Å². The average molecular weight is 357 g/mol. The van der Waals surface area contributed by atoms with Crippen LogP contribution in [0.1, 0.15) is 30.0 Å². The van der Waals surface area contributed by atoms with Crippen LogP contribution in [0.15, 0.2) is 41.7 Å². The van der Waals surface area contributed by atoms with Gasteiger partial charge in [-0.05, 0) is 42.7 Å². The van der Waals surface area contributed by atoms with Crippen LogP contribution < -0.4 is 14.9 Å². The molecule has 1 N–H and O–H groups in total. The molecule has 26 heavy (non-hydrogen) atoms. The first-order valence-corrected chi connectivity index (χ1v) is 8.23. The molecule has 138 valence electrons. The number of aromatic nitrogens is 1. The summed E-state index contributed by atoms with van der Waals surface area (Å²) in [7, 11) is 2.90. The van der Waals surface area contributed by atoms with Crippen LogP contribution in [-0.2, 0) is 11.3 Å². The molecule has 0 aliphatic heterocycles. The molecule has 0 saturated heterocycles. The van der Waals surface area contributed by atoms with Crippen LogP contribution >= 0.6 is 0 Å². The normalized spacial score (nSPS) is 11.0. The summed E-state index contributed by atoms with van der Waals surface area (Å²) in [6.07, 6.45) is 1.91. The number of oxime groups is 1. The maximum atomic E-state index is 11.2. The minimum atomic E-state index is -0.478. The molecule has 7 nitrogen and oxygen atoms in total. The fourth-order valence-electron chi connectivity index (χ4n) is 2.24. The number of amides is 1. The molecule has 2 aromatic rings. The second-order valence-electron chi connectivity index (χ2n) is 5.51. The smallest absolute Gasteiger partial charge is 0.407 e. The van der Waals surface area contributed by atoms with E-state index in [2.05, 4.69) is 20.2 Å². The Morgan fingerprint density at radius 1 is 1.23 bits per heavy atom. The Kier molecular flexibility index (Phi) is 6.96. The SMILES string of the molecule is CC/C(=N\Oc1ccc(C)c(CNC(=O)OC)c1)c1ccc(OC)nc1. The number of rotatable bonds is 7. The van der Waals surface area contributed by atoms with E-state index in [1.165, 1.54) is 7.11 Å². The lowest BCUT2D eigenvalue weighted by Crippen LogP contribution is -2.22. The molecular formula is C19H23N3O4. The zero-order valence-electron chi connectivity index (χ0n) is 15.4. The van der Waals surface area contributed by atoms with E-state index >= 15 is 0 Å². The number of aryl methyl sites for hydroxylation is 1. The summed E-state index contributed by atoms with van der Waals surface area (Å²) < 4.78 is 9.65. The van der Waals surface area contributed by atoms with Gasteiger partial charge in [0.2, 0.25) is 5.88 Å². The summed E-state index contributed by atoms with van der Waals surface area (Å²) in [6.45, 7) is 4.30. The predicted molar refractivity (Wildman–Crippen MR) is 98.7 cm³/mol. The number of benzene rings is 1. The van der Waals surface area contributed by atoms with Crippen molar-refractivity contribution < 1.29 is 19.1 Å². The van der Waals surface area contributed by atoms with Crippen molar-refractivity contribution in [3.8, 4) is 11.6 Å². The number of pyridine rings is 1. The highest BCUT2D eigenvalue weighted by molar-refractivity contribution is 5.99. The lowest BCUT2D eigenvalue weighted by Gasteiger charge is -2.09. The second-order valence-corrected chi connectivity index (χ2v) is 5.51. The van der Waals surface area contributed by atoms with Crippen molar-refractivity contribution >= 4 is 11.8 Å². The van der Waals surface area contributed by atoms with Crippen molar-refractivity contribution in [3.63, 3.8) is 0 Å². The molecule has 2 rings (SSSR count). The summed E-state index contributed by atoms with van der Waals surface area (Å²) in [4.78, 5) is 21.0. The number of carbonyl (C=O) groups is 1. The lowest BCUT2D eigenvalue weighted by atomic mass is 10.1. The molecule has 0 radical (unpaired) electrons. The van der Waals surface area contributed by atoms with Crippen LogP contribution in [0, 0.1) is 6.92 Å². The van der Waals surface area contributed by atoms with Crippen molar-refractivity contribution in [2.24, 2.45) is 5.16 Å². The molecule has 0 bridgehead atoms. The maximum Gasteiger partial charge on any atom is 0.407 e. The molecule has 0 atom stereocenters. The molecule has 0 unspecified atom stereocenters. The third kappa shape index (κ3) is 5.20. The van der Waals surface area contributed by atoms with Gasteiger partial charge in [-0.3, -0.25) is 0 Å². The summed E-state index contributed by atoms with van der Waals surface area (Å²) >= 11 is 0. The number of alkyl carbamates (subject to hydrolysis) is 1. The minimum absolute atomic E-state index is 0.350. The Hall–Kier alpha value is -3.09. The number of ether oxygens (including phenoxy) is 2. The molecule has 0 spiro atoms. The Balaban J connectivity index is 2.12. The van der Waals surface area contributed by atoms with Crippen LogP contribution in [0.5, 0.6) is 11.6 Å². The molecule has 0 fully saturated rings. The maximum absolute atomic E-state index is 11.2. The van der Waals surface area contributed by atoms with Gasteiger partial charge in [-0.25, -0.2) is 9.78 Å². The number of nitrogens with one attached hydrogen (secondary N) is 1. The standard InChI is InChI=1S/C19H23N3O4/c1-5-17(14-7-9-18(24-3)20-11-14)22-26-16-8-6-13(2)15(10-16)12-21-19(23)25-4/h6-11H,5,12H2,1-4H3,(H,21,23)/b22-17+. The molecule has 0 aliphatic carbocycles. The molecule has 1 aromatic heterocycles. The molecule has 1 aromatic carbocycles. The highest BCUT2D eigenvalue weighted by Crippen LogP contribution is 2.18. The van der Waals surface area contributed by atoms with E-state index in [-0.39, 0.29) is 0 Å². The molecule has 7 heteroatoms. The van der Waals surface area contributed by atoms with E-state index in [1.807, 2.05) is 38.1 Å². The van der Waals surface area contributed by atoms with Crippen molar-refractivity contribution in [2.75, 3.05) is 14.2 Å². The van der Waals surface area contributed by atoms with Crippen molar-refractivity contribution in [1.82, 2.24) is 10.3 Å². The molecule has 0 saturated carbocycles. The van der Waals surface area contributed by atoms with E-state index in [1.54, 1.807) is 19.4 Å². The minimum Gasteiger partial charge on any atom is -0.481 e. The monoisotopic (exact) mass is 357 g/mol. The van der Waals surface area contributed by atoms with Crippen molar-refractivity contribution in [3.05, 3.63) is 53.2 Å². The average Bonchev–Trinajstić information content (AvgIpc) is 2.68. The Bertz CT molecular complexity index is 773. The van der Waals surface area contributed by atoms with E-state index in [4.69, 9.17) is 9.57 Å². The van der Waals surface area contributed by atoms with Crippen molar-refractivity contribution in [2.45, 2.75) is 26.8 Å². The zero-order valence-corrected chi connectivity index (χ0v) is 15.4. The van der Waals surface area contributed by atoms with Crippen LogP contribution in [0.2, 0.25) is 0 Å². The Labute approximate surface area is 153 Å². The first-order chi connectivity index (χ1) is 12.6.